The SMILES string of the molecule is CCOC(=O)/C=C/[C@@H]1OC2(CCCCC2)O[C@H]1CF. The van der Waals surface area contributed by atoms with Crippen LogP contribution >= 0.6 is 0 Å². The van der Waals surface area contributed by atoms with Gasteiger partial charge >= 0.3 is 5.97 Å². The van der Waals surface area contributed by atoms with Crippen LogP contribution in [0.15, 0.2) is 12.2 Å². The van der Waals surface area contributed by atoms with Gasteiger partial charge in [-0.2, -0.15) is 0 Å². The fourth-order valence-corrected chi connectivity index (χ4v) is 2.67. The predicted molar refractivity (Wildman–Crippen MR) is 67.3 cm³/mol. The molecule has 0 aromatic rings. The Kier molecular flexibility index (Phi) is 4.93. The Morgan fingerprint density at radius 2 is 2.11 bits per heavy atom. The molecule has 0 aromatic heterocycles. The topological polar surface area (TPSA) is 44.8 Å². The van der Waals surface area contributed by atoms with Gasteiger partial charge in [-0.25, -0.2) is 9.18 Å². The normalized spacial score (nSPS) is 30.0. The van der Waals surface area contributed by atoms with E-state index in [0.29, 0.717) is 6.61 Å². The molecule has 1 spiro atoms. The van der Waals surface area contributed by atoms with Crippen molar-refractivity contribution in [3.8, 4) is 0 Å². The number of rotatable bonds is 4. The highest BCUT2D eigenvalue weighted by molar-refractivity contribution is 5.81. The van der Waals surface area contributed by atoms with Gasteiger partial charge in [0.05, 0.1) is 6.61 Å². The van der Waals surface area contributed by atoms with Crippen LogP contribution < -0.4 is 0 Å². The lowest BCUT2D eigenvalue weighted by molar-refractivity contribution is -0.192. The van der Waals surface area contributed by atoms with Crippen LogP contribution in [0.2, 0.25) is 0 Å². The lowest BCUT2D eigenvalue weighted by Crippen LogP contribution is -2.33. The second-order valence-corrected chi connectivity index (χ2v) is 4.98. The van der Waals surface area contributed by atoms with E-state index in [0.717, 1.165) is 32.1 Å². The van der Waals surface area contributed by atoms with E-state index in [1.807, 2.05) is 0 Å². The minimum absolute atomic E-state index is 0.321. The lowest BCUT2D eigenvalue weighted by atomic mass is 9.94. The monoisotopic (exact) mass is 272 g/mol. The smallest absolute Gasteiger partial charge is 0.330 e. The van der Waals surface area contributed by atoms with Crippen molar-refractivity contribution in [2.24, 2.45) is 0 Å². The highest BCUT2D eigenvalue weighted by atomic mass is 19.1. The number of esters is 1. The second kappa shape index (κ2) is 6.48. The fraction of sp³-hybridized carbons (Fsp3) is 0.786. The van der Waals surface area contributed by atoms with Crippen molar-refractivity contribution < 1.29 is 23.4 Å². The molecule has 5 heteroatoms. The minimum Gasteiger partial charge on any atom is -0.463 e. The molecule has 1 heterocycles. The van der Waals surface area contributed by atoms with Crippen LogP contribution in [-0.2, 0) is 19.0 Å². The standard InChI is InChI=1S/C14H21FO4/c1-2-17-13(16)7-6-11-12(10-15)19-14(18-11)8-4-3-5-9-14/h6-7,11-12H,2-5,8-10H2,1H3/b7-6+/t11-,12-/m0/s1. The van der Waals surface area contributed by atoms with Crippen molar-refractivity contribution in [3.05, 3.63) is 12.2 Å². The Hall–Kier alpha value is -0.940. The molecule has 0 amide bonds. The molecule has 0 unspecified atom stereocenters. The second-order valence-electron chi connectivity index (χ2n) is 4.98. The molecule has 0 N–H and O–H groups in total. The maximum Gasteiger partial charge on any atom is 0.330 e. The van der Waals surface area contributed by atoms with E-state index in [1.54, 1.807) is 13.0 Å². The molecule has 0 aromatic carbocycles. The first kappa shape index (κ1) is 14.5. The van der Waals surface area contributed by atoms with E-state index in [9.17, 15) is 9.18 Å². The summed E-state index contributed by atoms with van der Waals surface area (Å²) in [5.74, 6) is -1.08. The van der Waals surface area contributed by atoms with Crippen molar-refractivity contribution in [2.75, 3.05) is 13.3 Å². The maximum atomic E-state index is 13.0. The van der Waals surface area contributed by atoms with Gasteiger partial charge in [0.1, 0.15) is 18.9 Å². The summed E-state index contributed by atoms with van der Waals surface area (Å²) in [6, 6.07) is 0. The maximum absolute atomic E-state index is 13.0. The average molecular weight is 272 g/mol. The summed E-state index contributed by atoms with van der Waals surface area (Å²) in [6.07, 6.45) is 6.55. The summed E-state index contributed by atoms with van der Waals surface area (Å²) < 4.78 is 29.4. The van der Waals surface area contributed by atoms with Gasteiger partial charge in [-0.3, -0.25) is 0 Å². The van der Waals surface area contributed by atoms with Gasteiger partial charge in [0.15, 0.2) is 5.79 Å². The highest BCUT2D eigenvalue weighted by Crippen LogP contribution is 2.40. The van der Waals surface area contributed by atoms with E-state index >= 15 is 0 Å². The zero-order valence-corrected chi connectivity index (χ0v) is 11.3. The first-order valence-corrected chi connectivity index (χ1v) is 6.95. The molecule has 2 rings (SSSR count). The molecule has 2 fully saturated rings. The van der Waals surface area contributed by atoms with Crippen LogP contribution in [0.5, 0.6) is 0 Å². The Morgan fingerprint density at radius 3 is 2.74 bits per heavy atom. The van der Waals surface area contributed by atoms with Crippen molar-refractivity contribution in [3.63, 3.8) is 0 Å². The summed E-state index contributed by atoms with van der Waals surface area (Å²) >= 11 is 0. The van der Waals surface area contributed by atoms with Crippen LogP contribution in [0.4, 0.5) is 4.39 Å². The average Bonchev–Trinajstić information content (AvgIpc) is 2.75. The third kappa shape index (κ3) is 3.54. The van der Waals surface area contributed by atoms with Gasteiger partial charge < -0.3 is 14.2 Å². The summed E-state index contributed by atoms with van der Waals surface area (Å²) in [4.78, 5) is 11.3. The molecular formula is C14H21FO4. The Morgan fingerprint density at radius 1 is 1.37 bits per heavy atom. The molecule has 0 bridgehead atoms. The summed E-state index contributed by atoms with van der Waals surface area (Å²) in [5.41, 5.74) is 0. The van der Waals surface area contributed by atoms with Crippen molar-refractivity contribution >= 4 is 5.97 Å². The molecule has 108 valence electrons. The third-order valence-electron chi connectivity index (χ3n) is 3.56. The molecule has 1 aliphatic carbocycles. The third-order valence-corrected chi connectivity index (χ3v) is 3.56. The molecule has 19 heavy (non-hydrogen) atoms. The van der Waals surface area contributed by atoms with Crippen LogP contribution in [0.25, 0.3) is 0 Å². The molecule has 1 aliphatic heterocycles. The summed E-state index contributed by atoms with van der Waals surface area (Å²) in [6.45, 7) is 1.45. The van der Waals surface area contributed by atoms with Gasteiger partial charge in [0, 0.05) is 18.9 Å². The zero-order valence-electron chi connectivity index (χ0n) is 11.3. The molecule has 1 saturated carbocycles. The first-order chi connectivity index (χ1) is 9.19. The van der Waals surface area contributed by atoms with Gasteiger partial charge in [0.2, 0.25) is 0 Å². The number of halogens is 1. The Labute approximate surface area is 112 Å². The van der Waals surface area contributed by atoms with Gasteiger partial charge in [-0.05, 0) is 25.8 Å². The molecule has 1 saturated heterocycles. The quantitative estimate of drug-likeness (QED) is 0.582. The van der Waals surface area contributed by atoms with E-state index in [-0.39, 0.29) is 0 Å². The number of ether oxygens (including phenoxy) is 3. The van der Waals surface area contributed by atoms with E-state index in [2.05, 4.69) is 0 Å². The van der Waals surface area contributed by atoms with Gasteiger partial charge in [-0.1, -0.05) is 6.42 Å². The molecule has 2 atom stereocenters. The number of carbonyl (C=O) groups is 1. The van der Waals surface area contributed by atoms with Gasteiger partial charge in [0.25, 0.3) is 0 Å². The number of carbonyl (C=O) groups excluding carboxylic acids is 1. The zero-order chi connectivity index (χ0) is 13.7. The summed E-state index contributed by atoms with van der Waals surface area (Å²) in [5, 5.41) is 0. The number of hydrogen-bond acceptors (Lipinski definition) is 4. The molecular weight excluding hydrogens is 251 g/mol. The summed E-state index contributed by atoms with van der Waals surface area (Å²) in [7, 11) is 0. The number of alkyl halides is 1. The van der Waals surface area contributed by atoms with Gasteiger partial charge in [-0.15, -0.1) is 0 Å². The van der Waals surface area contributed by atoms with Crippen molar-refractivity contribution in [2.45, 2.75) is 57.0 Å². The predicted octanol–water partition coefficient (Wildman–Crippen LogP) is 2.52. The highest BCUT2D eigenvalue weighted by Gasteiger charge is 2.47. The Balaban J connectivity index is 1.97. The van der Waals surface area contributed by atoms with E-state index in [4.69, 9.17) is 14.2 Å². The van der Waals surface area contributed by atoms with Crippen molar-refractivity contribution in [1.82, 2.24) is 0 Å². The fourth-order valence-electron chi connectivity index (χ4n) is 2.67. The molecule has 0 radical (unpaired) electrons. The van der Waals surface area contributed by atoms with Crippen LogP contribution in [-0.4, -0.2) is 37.2 Å². The number of hydrogen-bond donors (Lipinski definition) is 0. The van der Waals surface area contributed by atoms with E-state index in [1.165, 1.54) is 6.08 Å². The lowest BCUT2D eigenvalue weighted by Gasteiger charge is -2.31. The van der Waals surface area contributed by atoms with E-state index < -0.39 is 30.6 Å². The van der Waals surface area contributed by atoms with Crippen LogP contribution in [0, 0.1) is 0 Å². The van der Waals surface area contributed by atoms with Crippen LogP contribution in [0.1, 0.15) is 39.0 Å². The minimum atomic E-state index is -0.640. The molecule has 4 nitrogen and oxygen atoms in total. The Bertz CT molecular complexity index is 336. The molecule has 2 aliphatic rings. The van der Waals surface area contributed by atoms with Crippen molar-refractivity contribution in [1.29, 1.82) is 0 Å². The van der Waals surface area contributed by atoms with Crippen LogP contribution in [0.3, 0.4) is 0 Å². The largest absolute Gasteiger partial charge is 0.463 e. The first-order valence-electron chi connectivity index (χ1n) is 6.95.